The van der Waals surface area contributed by atoms with Crippen LogP contribution in [0.1, 0.15) is 63.9 Å². The molecule has 0 unspecified atom stereocenters. The Bertz CT molecular complexity index is 587. The molecule has 2 aromatic heterocycles. The first kappa shape index (κ1) is 19.1. The summed E-state index contributed by atoms with van der Waals surface area (Å²) in [6.07, 6.45) is 11.8. The Kier molecular flexibility index (Phi) is 8.21. The van der Waals surface area contributed by atoms with Crippen molar-refractivity contribution in [2.45, 2.75) is 64.7 Å². The molecule has 0 aromatic carbocycles. The molecule has 0 saturated carbocycles. The van der Waals surface area contributed by atoms with Crippen LogP contribution in [0.15, 0.2) is 15.9 Å². The first-order chi connectivity index (χ1) is 11.1. The summed E-state index contributed by atoms with van der Waals surface area (Å²) in [5.74, 6) is 0.307. The van der Waals surface area contributed by atoms with Crippen molar-refractivity contribution in [3.63, 3.8) is 0 Å². The van der Waals surface area contributed by atoms with Gasteiger partial charge in [0.2, 0.25) is 0 Å². The number of rotatable bonds is 10. The molecule has 2 aromatic rings. The first-order valence-corrected chi connectivity index (χ1v) is 10.9. The van der Waals surface area contributed by atoms with Gasteiger partial charge in [-0.3, -0.25) is 0 Å². The number of halogens is 1. The number of aromatic hydroxyl groups is 1. The number of thiophene rings is 2. The molecule has 0 aliphatic rings. The van der Waals surface area contributed by atoms with Gasteiger partial charge in [-0.1, -0.05) is 51.9 Å². The Morgan fingerprint density at radius 1 is 0.957 bits per heavy atom. The van der Waals surface area contributed by atoms with Crippen molar-refractivity contribution in [2.75, 3.05) is 0 Å². The van der Waals surface area contributed by atoms with Gasteiger partial charge in [0.15, 0.2) is 0 Å². The third-order valence-corrected chi connectivity index (χ3v) is 7.06. The van der Waals surface area contributed by atoms with Crippen molar-refractivity contribution < 1.29 is 5.11 Å². The van der Waals surface area contributed by atoms with Gasteiger partial charge in [-0.25, -0.2) is 0 Å². The van der Waals surface area contributed by atoms with Crippen LogP contribution in [0.3, 0.4) is 0 Å². The number of hydrogen-bond donors (Lipinski definition) is 1. The fraction of sp³-hybridized carbons (Fsp3) is 0.556. The van der Waals surface area contributed by atoms with Crippen LogP contribution in [0.4, 0.5) is 0 Å². The Hall–Kier alpha value is -0.255. The highest BCUT2D eigenvalue weighted by Crippen LogP contribution is 2.40. The van der Waals surface area contributed by atoms with Gasteiger partial charge in [0.25, 0.3) is 0 Å². The van der Waals surface area contributed by atoms with E-state index in [4.69, 9.17) is 7.85 Å². The summed E-state index contributed by atoms with van der Waals surface area (Å²) in [6, 6.07) is 4.00. The zero-order valence-electron chi connectivity index (χ0n) is 13.7. The van der Waals surface area contributed by atoms with Crippen molar-refractivity contribution in [1.29, 1.82) is 0 Å². The lowest BCUT2D eigenvalue weighted by molar-refractivity contribution is 0.475. The molecule has 0 aliphatic heterocycles. The lowest BCUT2D eigenvalue weighted by atomic mass is 9.97. The third-order valence-electron chi connectivity index (χ3n) is 4.05. The van der Waals surface area contributed by atoms with E-state index >= 15 is 0 Å². The van der Waals surface area contributed by atoms with E-state index in [1.54, 1.807) is 28.7 Å². The van der Waals surface area contributed by atoms with Gasteiger partial charge in [0.1, 0.15) is 17.4 Å². The van der Waals surface area contributed by atoms with Gasteiger partial charge in [-0.15, -0.1) is 11.3 Å². The van der Waals surface area contributed by atoms with E-state index < -0.39 is 0 Å². The summed E-state index contributed by atoms with van der Waals surface area (Å²) in [5.41, 5.74) is 1.26. The minimum atomic E-state index is 0.307. The topological polar surface area (TPSA) is 20.2 Å². The van der Waals surface area contributed by atoms with Crippen molar-refractivity contribution in [1.82, 2.24) is 0 Å². The maximum atomic E-state index is 9.69. The van der Waals surface area contributed by atoms with Crippen molar-refractivity contribution in [3.05, 3.63) is 21.5 Å². The standard InChI is InChI=1S/C18H24BBrOS2/c1-2-3-4-5-6-7-8-9-10-13-11-15(22-17(13)19)16-12-14(21)18(20)23-16/h11-12,21H,2-10H2,1H3. The van der Waals surface area contributed by atoms with Crippen LogP contribution in [-0.2, 0) is 6.42 Å². The largest absolute Gasteiger partial charge is 0.506 e. The molecular formula is C18H24BBrOS2. The van der Waals surface area contributed by atoms with Crippen molar-refractivity contribution in [3.8, 4) is 15.5 Å². The average molecular weight is 411 g/mol. The van der Waals surface area contributed by atoms with E-state index in [0.717, 1.165) is 24.7 Å². The highest BCUT2D eigenvalue weighted by atomic mass is 79.9. The van der Waals surface area contributed by atoms with E-state index in [1.807, 2.05) is 0 Å². The van der Waals surface area contributed by atoms with Gasteiger partial charge >= 0.3 is 0 Å². The highest BCUT2D eigenvalue weighted by molar-refractivity contribution is 9.11. The summed E-state index contributed by atoms with van der Waals surface area (Å²) < 4.78 is 1.70. The van der Waals surface area contributed by atoms with Crippen molar-refractivity contribution >= 4 is 51.2 Å². The molecule has 0 atom stereocenters. The Balaban J connectivity index is 1.76. The zero-order chi connectivity index (χ0) is 16.7. The predicted octanol–water partition coefficient (Wildman–Crippen LogP) is 6.42. The Labute approximate surface area is 157 Å². The van der Waals surface area contributed by atoms with Gasteiger partial charge in [-0.05, 0) is 45.2 Å². The monoisotopic (exact) mass is 410 g/mol. The Morgan fingerprint density at radius 2 is 1.57 bits per heavy atom. The number of aryl methyl sites for hydroxylation is 1. The lowest BCUT2D eigenvalue weighted by Gasteiger charge is -2.02. The van der Waals surface area contributed by atoms with Crippen LogP contribution in [0.5, 0.6) is 5.75 Å². The molecule has 1 nitrogen and oxygen atoms in total. The maximum Gasteiger partial charge on any atom is 0.141 e. The van der Waals surface area contributed by atoms with Gasteiger partial charge in [-0.2, -0.15) is 11.3 Å². The molecule has 5 heteroatoms. The fourth-order valence-electron chi connectivity index (χ4n) is 2.69. The fourth-order valence-corrected chi connectivity index (χ4v) is 5.15. The summed E-state index contributed by atoms with van der Waals surface area (Å²) in [4.78, 5) is 2.23. The van der Waals surface area contributed by atoms with Gasteiger partial charge in [0, 0.05) is 15.8 Å². The second-order valence-corrected chi connectivity index (χ2v) is 9.45. The molecule has 2 radical (unpaired) electrons. The van der Waals surface area contributed by atoms with Crippen LogP contribution >= 0.6 is 38.6 Å². The normalized spacial score (nSPS) is 11.2. The third kappa shape index (κ3) is 5.95. The maximum absolute atomic E-state index is 9.69. The molecule has 0 saturated heterocycles. The highest BCUT2D eigenvalue weighted by Gasteiger charge is 2.11. The molecule has 23 heavy (non-hydrogen) atoms. The molecule has 0 bridgehead atoms. The smallest absolute Gasteiger partial charge is 0.141 e. The van der Waals surface area contributed by atoms with Crippen LogP contribution in [-0.4, -0.2) is 13.0 Å². The first-order valence-electron chi connectivity index (χ1n) is 8.48. The zero-order valence-corrected chi connectivity index (χ0v) is 17.0. The number of unbranched alkanes of at least 4 members (excludes halogenated alkanes) is 7. The number of hydrogen-bond acceptors (Lipinski definition) is 3. The van der Waals surface area contributed by atoms with Crippen LogP contribution < -0.4 is 4.78 Å². The van der Waals surface area contributed by atoms with Gasteiger partial charge in [0.05, 0.1) is 0 Å². The van der Waals surface area contributed by atoms with Gasteiger partial charge < -0.3 is 5.11 Å². The molecule has 0 amide bonds. The van der Waals surface area contributed by atoms with E-state index in [-0.39, 0.29) is 0 Å². The SMILES string of the molecule is [B]c1sc(-c2cc(O)c(Br)s2)cc1CCCCCCCCCC. The summed E-state index contributed by atoms with van der Waals surface area (Å²) in [7, 11) is 6.17. The lowest BCUT2D eigenvalue weighted by Crippen LogP contribution is -2.02. The summed E-state index contributed by atoms with van der Waals surface area (Å²) in [6.45, 7) is 2.26. The van der Waals surface area contributed by atoms with Crippen LogP contribution in [0, 0.1) is 0 Å². The molecule has 1 N–H and O–H groups in total. The summed E-state index contributed by atoms with van der Waals surface area (Å²) >= 11 is 6.54. The molecule has 0 spiro atoms. The van der Waals surface area contributed by atoms with Crippen LogP contribution in [0.25, 0.3) is 9.75 Å². The molecule has 124 valence electrons. The molecular weight excluding hydrogens is 387 g/mol. The van der Waals surface area contributed by atoms with E-state index in [9.17, 15) is 5.11 Å². The second kappa shape index (κ2) is 9.90. The molecule has 2 rings (SSSR count). The molecule has 0 aliphatic carbocycles. The van der Waals surface area contributed by atoms with Crippen molar-refractivity contribution in [2.24, 2.45) is 0 Å². The van der Waals surface area contributed by atoms with E-state index in [0.29, 0.717) is 5.75 Å². The van der Waals surface area contributed by atoms with E-state index in [1.165, 1.54) is 56.9 Å². The minimum absolute atomic E-state index is 0.307. The predicted molar refractivity (Wildman–Crippen MR) is 109 cm³/mol. The minimum Gasteiger partial charge on any atom is -0.506 e. The Morgan fingerprint density at radius 3 is 2.17 bits per heavy atom. The van der Waals surface area contributed by atoms with Crippen LogP contribution in [0.2, 0.25) is 0 Å². The quantitative estimate of drug-likeness (QED) is 0.353. The second-order valence-electron chi connectivity index (χ2n) is 5.99. The molecule has 2 heterocycles. The summed E-state index contributed by atoms with van der Waals surface area (Å²) in [5, 5.41) is 9.69. The molecule has 0 fully saturated rings. The van der Waals surface area contributed by atoms with E-state index in [2.05, 4.69) is 28.9 Å². The average Bonchev–Trinajstić information content (AvgIpc) is 3.05.